The Hall–Kier alpha value is -0.920. The summed E-state index contributed by atoms with van der Waals surface area (Å²) in [5, 5.41) is 6.39. The lowest BCUT2D eigenvalue weighted by atomic mass is 9.93. The Labute approximate surface area is 101 Å². The van der Waals surface area contributed by atoms with Gasteiger partial charge in [0.25, 0.3) is 10.0 Å². The van der Waals surface area contributed by atoms with Crippen LogP contribution in [0.3, 0.4) is 0 Å². The Balaban J connectivity index is 2.19. The van der Waals surface area contributed by atoms with E-state index in [0.717, 1.165) is 19.3 Å². The van der Waals surface area contributed by atoms with Crippen molar-refractivity contribution in [1.82, 2.24) is 14.5 Å². The Morgan fingerprint density at radius 2 is 2.29 bits per heavy atom. The monoisotopic (exact) mass is 258 g/mol. The van der Waals surface area contributed by atoms with Crippen molar-refractivity contribution in [2.24, 2.45) is 5.73 Å². The molecule has 1 saturated carbocycles. The first-order valence-corrected chi connectivity index (χ1v) is 7.31. The number of aromatic amines is 1. The summed E-state index contributed by atoms with van der Waals surface area (Å²) in [6.07, 6.45) is 5.12. The minimum absolute atomic E-state index is 0.134. The summed E-state index contributed by atoms with van der Waals surface area (Å²) in [4.78, 5) is 0. The maximum absolute atomic E-state index is 12.3. The highest BCUT2D eigenvalue weighted by atomic mass is 32.2. The van der Waals surface area contributed by atoms with E-state index in [1.54, 1.807) is 4.31 Å². The molecule has 0 spiro atoms. The Bertz CT molecular complexity index is 439. The van der Waals surface area contributed by atoms with Crippen molar-refractivity contribution >= 4 is 10.0 Å². The van der Waals surface area contributed by atoms with E-state index in [-0.39, 0.29) is 11.1 Å². The van der Waals surface area contributed by atoms with Crippen molar-refractivity contribution in [1.29, 1.82) is 0 Å². The molecule has 1 heterocycles. The van der Waals surface area contributed by atoms with Gasteiger partial charge in [0.15, 0.2) is 5.03 Å². The molecule has 6 nitrogen and oxygen atoms in total. The van der Waals surface area contributed by atoms with Crippen LogP contribution in [0.2, 0.25) is 0 Å². The standard InChI is InChI=1S/C10H18N4O2S/c11-6-2-8-14(9-3-1-4-9)17(15,16)10-5-7-12-13-10/h5,7,9H,1-4,6,8,11H2,(H,12,13). The SMILES string of the molecule is NCCCN(C1CCC1)S(=O)(=O)c1ccn[nH]1. The second-order valence-corrected chi connectivity index (χ2v) is 6.12. The van der Waals surface area contributed by atoms with Crippen molar-refractivity contribution < 1.29 is 8.42 Å². The fourth-order valence-electron chi connectivity index (χ4n) is 1.93. The smallest absolute Gasteiger partial charge is 0.260 e. The molecule has 7 heteroatoms. The second-order valence-electron chi connectivity index (χ2n) is 4.26. The van der Waals surface area contributed by atoms with E-state index in [0.29, 0.717) is 19.5 Å². The zero-order valence-corrected chi connectivity index (χ0v) is 10.5. The summed E-state index contributed by atoms with van der Waals surface area (Å²) < 4.78 is 26.3. The lowest BCUT2D eigenvalue weighted by molar-refractivity contribution is 0.218. The van der Waals surface area contributed by atoms with Gasteiger partial charge in [-0.3, -0.25) is 5.10 Å². The summed E-state index contributed by atoms with van der Waals surface area (Å²) in [7, 11) is -3.43. The van der Waals surface area contributed by atoms with E-state index in [1.807, 2.05) is 0 Å². The molecule has 2 rings (SSSR count). The highest BCUT2D eigenvalue weighted by Crippen LogP contribution is 2.29. The van der Waals surface area contributed by atoms with Gasteiger partial charge in [-0.2, -0.15) is 9.40 Å². The number of hydrogen-bond donors (Lipinski definition) is 2. The first-order valence-electron chi connectivity index (χ1n) is 5.87. The van der Waals surface area contributed by atoms with E-state index >= 15 is 0 Å². The van der Waals surface area contributed by atoms with Crippen LogP contribution in [-0.4, -0.2) is 42.1 Å². The number of nitrogens with one attached hydrogen (secondary N) is 1. The molecule has 0 unspecified atom stereocenters. The molecule has 96 valence electrons. The van der Waals surface area contributed by atoms with Crippen molar-refractivity contribution in [3.8, 4) is 0 Å². The van der Waals surface area contributed by atoms with E-state index in [4.69, 9.17) is 5.73 Å². The minimum atomic E-state index is -3.43. The molecule has 1 aromatic rings. The van der Waals surface area contributed by atoms with Crippen LogP contribution in [0.5, 0.6) is 0 Å². The van der Waals surface area contributed by atoms with Crippen LogP contribution in [0.1, 0.15) is 25.7 Å². The lowest BCUT2D eigenvalue weighted by Gasteiger charge is -2.36. The summed E-state index contributed by atoms with van der Waals surface area (Å²) in [6, 6.07) is 1.62. The lowest BCUT2D eigenvalue weighted by Crippen LogP contribution is -2.45. The van der Waals surface area contributed by atoms with Crippen LogP contribution in [0.4, 0.5) is 0 Å². The molecule has 1 aromatic heterocycles. The topological polar surface area (TPSA) is 92.1 Å². The van der Waals surface area contributed by atoms with Gasteiger partial charge < -0.3 is 5.73 Å². The molecule has 0 saturated heterocycles. The fourth-order valence-corrected chi connectivity index (χ4v) is 3.56. The highest BCUT2D eigenvalue weighted by Gasteiger charge is 2.34. The molecule has 0 radical (unpaired) electrons. The maximum atomic E-state index is 12.3. The number of aromatic nitrogens is 2. The number of rotatable bonds is 6. The number of sulfonamides is 1. The maximum Gasteiger partial charge on any atom is 0.260 e. The van der Waals surface area contributed by atoms with Crippen LogP contribution >= 0.6 is 0 Å². The first kappa shape index (κ1) is 12.5. The predicted molar refractivity (Wildman–Crippen MR) is 63.8 cm³/mol. The molecule has 0 amide bonds. The number of hydrogen-bond acceptors (Lipinski definition) is 4. The molecule has 0 atom stereocenters. The second kappa shape index (κ2) is 5.16. The van der Waals surface area contributed by atoms with Gasteiger partial charge in [-0.15, -0.1) is 0 Å². The normalized spacial score (nSPS) is 17.3. The average Bonchev–Trinajstić information content (AvgIpc) is 2.74. The first-order chi connectivity index (χ1) is 8.16. The molecule has 1 fully saturated rings. The Morgan fingerprint density at radius 3 is 2.76 bits per heavy atom. The van der Waals surface area contributed by atoms with Gasteiger partial charge in [0, 0.05) is 12.6 Å². The number of H-pyrrole nitrogens is 1. The molecular formula is C10H18N4O2S. The van der Waals surface area contributed by atoms with Crippen molar-refractivity contribution in [2.75, 3.05) is 13.1 Å². The van der Waals surface area contributed by atoms with Gasteiger partial charge in [-0.25, -0.2) is 8.42 Å². The molecule has 1 aliphatic rings. The fraction of sp³-hybridized carbons (Fsp3) is 0.700. The third kappa shape index (κ3) is 2.51. The molecule has 0 aliphatic heterocycles. The van der Waals surface area contributed by atoms with Crippen LogP contribution in [0.25, 0.3) is 0 Å². The third-order valence-electron chi connectivity index (χ3n) is 3.13. The Morgan fingerprint density at radius 1 is 1.53 bits per heavy atom. The minimum Gasteiger partial charge on any atom is -0.330 e. The highest BCUT2D eigenvalue weighted by molar-refractivity contribution is 7.89. The van der Waals surface area contributed by atoms with Crippen molar-refractivity contribution in [2.45, 2.75) is 36.8 Å². The van der Waals surface area contributed by atoms with Gasteiger partial charge in [-0.05, 0) is 31.9 Å². The number of nitrogens with zero attached hydrogens (tertiary/aromatic N) is 2. The van der Waals surface area contributed by atoms with Gasteiger partial charge in [0.1, 0.15) is 0 Å². The Kier molecular flexibility index (Phi) is 3.80. The molecule has 3 N–H and O–H groups in total. The van der Waals surface area contributed by atoms with Crippen molar-refractivity contribution in [3.05, 3.63) is 12.3 Å². The van der Waals surface area contributed by atoms with Gasteiger partial charge in [0.2, 0.25) is 0 Å². The van der Waals surface area contributed by atoms with E-state index < -0.39 is 10.0 Å². The average molecular weight is 258 g/mol. The molecule has 0 aromatic carbocycles. The van der Waals surface area contributed by atoms with Crippen molar-refractivity contribution in [3.63, 3.8) is 0 Å². The van der Waals surface area contributed by atoms with E-state index in [9.17, 15) is 8.42 Å². The van der Waals surface area contributed by atoms with Crippen LogP contribution < -0.4 is 5.73 Å². The van der Waals surface area contributed by atoms with Crippen LogP contribution in [0.15, 0.2) is 17.3 Å². The molecule has 0 bridgehead atoms. The van der Waals surface area contributed by atoms with Gasteiger partial charge in [0.05, 0.1) is 6.20 Å². The summed E-state index contributed by atoms with van der Waals surface area (Å²) >= 11 is 0. The molecule has 17 heavy (non-hydrogen) atoms. The van der Waals surface area contributed by atoms with E-state index in [2.05, 4.69) is 10.2 Å². The van der Waals surface area contributed by atoms with E-state index in [1.165, 1.54) is 12.3 Å². The predicted octanol–water partition coefficient (Wildman–Crippen LogP) is 0.302. The van der Waals surface area contributed by atoms with Gasteiger partial charge in [-0.1, -0.05) is 6.42 Å². The zero-order chi connectivity index (χ0) is 12.3. The quantitative estimate of drug-likeness (QED) is 0.767. The molecule has 1 aliphatic carbocycles. The molecular weight excluding hydrogens is 240 g/mol. The number of nitrogens with two attached hydrogens (primary N) is 1. The van der Waals surface area contributed by atoms with Crippen LogP contribution in [-0.2, 0) is 10.0 Å². The third-order valence-corrected chi connectivity index (χ3v) is 5.01. The largest absolute Gasteiger partial charge is 0.330 e. The summed E-state index contributed by atoms with van der Waals surface area (Å²) in [5.74, 6) is 0. The summed E-state index contributed by atoms with van der Waals surface area (Å²) in [6.45, 7) is 0.990. The van der Waals surface area contributed by atoms with Gasteiger partial charge >= 0.3 is 0 Å². The zero-order valence-electron chi connectivity index (χ0n) is 9.67. The summed E-state index contributed by atoms with van der Waals surface area (Å²) in [5.41, 5.74) is 5.46. The van der Waals surface area contributed by atoms with Crippen LogP contribution in [0, 0.1) is 0 Å².